The van der Waals surface area contributed by atoms with Gasteiger partial charge in [0, 0.05) is 40.4 Å². The molecule has 4 nitrogen and oxygen atoms in total. The Labute approximate surface area is 208 Å². The molecule has 1 spiro atoms. The lowest BCUT2D eigenvalue weighted by Gasteiger charge is -2.69. The monoisotopic (exact) mass is 481 g/mol. The van der Waals surface area contributed by atoms with Crippen LogP contribution < -0.4 is 5.32 Å². The molecule has 5 aliphatic rings. The number of rotatable bonds is 2. The van der Waals surface area contributed by atoms with Crippen LogP contribution in [0.1, 0.15) is 66.2 Å². The molecule has 1 amide bonds. The smallest absolute Gasteiger partial charge is 0.227 e. The summed E-state index contributed by atoms with van der Waals surface area (Å²) in [5.74, 6) is 1.85. The van der Waals surface area contributed by atoms with Gasteiger partial charge in [0.2, 0.25) is 5.91 Å². The van der Waals surface area contributed by atoms with Gasteiger partial charge in [-0.3, -0.25) is 4.79 Å². The Morgan fingerprint density at radius 1 is 1.09 bits per heavy atom. The van der Waals surface area contributed by atoms with Crippen molar-refractivity contribution in [1.29, 1.82) is 0 Å². The molecule has 4 fully saturated rings. The van der Waals surface area contributed by atoms with Gasteiger partial charge in [0.05, 0.1) is 12.0 Å². The van der Waals surface area contributed by atoms with Gasteiger partial charge in [-0.2, -0.15) is 0 Å². The number of ether oxygens (including phenoxy) is 1. The van der Waals surface area contributed by atoms with Crippen LogP contribution in [0.2, 0.25) is 0 Å². The van der Waals surface area contributed by atoms with Gasteiger partial charge >= 0.3 is 0 Å². The molecular formula is C29H39NO3S. The summed E-state index contributed by atoms with van der Waals surface area (Å²) in [6.45, 7) is 10.4. The fourth-order valence-corrected chi connectivity index (χ4v) is 10.2. The first kappa shape index (κ1) is 23.0. The third-order valence-electron chi connectivity index (χ3n) is 10.5. The zero-order chi connectivity index (χ0) is 23.9. The van der Waals surface area contributed by atoms with Crippen LogP contribution in [0.5, 0.6) is 0 Å². The van der Waals surface area contributed by atoms with Crippen LogP contribution in [0, 0.1) is 34.5 Å². The molecule has 1 aromatic rings. The maximum absolute atomic E-state index is 12.6. The number of fused-ring (bicyclic) bond motifs is 2. The van der Waals surface area contributed by atoms with E-state index in [0.717, 1.165) is 24.2 Å². The molecule has 2 saturated heterocycles. The minimum atomic E-state index is -0.500. The molecular weight excluding hydrogens is 442 g/mol. The average molecular weight is 482 g/mol. The highest BCUT2D eigenvalue weighted by Crippen LogP contribution is 2.69. The molecule has 0 radical (unpaired) electrons. The molecule has 2 heterocycles. The van der Waals surface area contributed by atoms with Crippen molar-refractivity contribution in [3.8, 4) is 0 Å². The molecule has 34 heavy (non-hydrogen) atoms. The Morgan fingerprint density at radius 3 is 2.62 bits per heavy atom. The number of carbonyl (C=O) groups is 1. The zero-order valence-corrected chi connectivity index (χ0v) is 21.8. The number of hydrogen-bond donors (Lipinski definition) is 2. The second kappa shape index (κ2) is 7.77. The Hall–Kier alpha value is -1.46. The highest BCUT2D eigenvalue weighted by Gasteiger charge is 2.69. The summed E-state index contributed by atoms with van der Waals surface area (Å²) in [7, 11) is 0. The van der Waals surface area contributed by atoms with Gasteiger partial charge in [0.15, 0.2) is 0 Å². The number of thioether (sulfide) groups is 1. The van der Waals surface area contributed by atoms with E-state index in [1.165, 1.54) is 24.2 Å². The highest BCUT2D eigenvalue weighted by molar-refractivity contribution is 8.00. The molecule has 2 aliphatic heterocycles. The molecule has 2 N–H and O–H groups in total. The second-order valence-corrected chi connectivity index (χ2v) is 14.0. The van der Waals surface area contributed by atoms with Crippen molar-refractivity contribution in [1.82, 2.24) is 5.32 Å². The number of aliphatic hydroxyl groups excluding tert-OH is 1. The largest absolute Gasteiger partial charge is 0.490 e. The first-order valence-corrected chi connectivity index (χ1v) is 14.1. The van der Waals surface area contributed by atoms with E-state index in [4.69, 9.17) is 4.74 Å². The third kappa shape index (κ3) is 3.18. The summed E-state index contributed by atoms with van der Waals surface area (Å²) in [5, 5.41) is 14.7. The Bertz CT molecular complexity index is 1020. The van der Waals surface area contributed by atoms with Crippen LogP contribution in [0.3, 0.4) is 0 Å². The van der Waals surface area contributed by atoms with E-state index in [0.29, 0.717) is 30.1 Å². The van der Waals surface area contributed by atoms with Gasteiger partial charge in [0.1, 0.15) is 11.4 Å². The van der Waals surface area contributed by atoms with Crippen molar-refractivity contribution in [3.63, 3.8) is 0 Å². The molecule has 184 valence electrons. The van der Waals surface area contributed by atoms with Crippen LogP contribution >= 0.6 is 11.8 Å². The molecule has 0 aromatic heterocycles. The third-order valence-corrected chi connectivity index (χ3v) is 11.7. The molecule has 2 saturated carbocycles. The van der Waals surface area contributed by atoms with E-state index in [2.05, 4.69) is 63.3 Å². The summed E-state index contributed by atoms with van der Waals surface area (Å²) in [5.41, 5.74) is 1.04. The maximum Gasteiger partial charge on any atom is 0.227 e. The minimum Gasteiger partial charge on any atom is -0.490 e. The maximum atomic E-state index is 12.6. The van der Waals surface area contributed by atoms with Gasteiger partial charge in [-0.25, -0.2) is 0 Å². The quantitative estimate of drug-likeness (QED) is 0.581. The van der Waals surface area contributed by atoms with Gasteiger partial charge in [-0.05, 0) is 61.1 Å². The van der Waals surface area contributed by atoms with Crippen LogP contribution in [0.4, 0.5) is 0 Å². The molecule has 5 heteroatoms. The number of nitrogens with one attached hydrogen (secondary N) is 1. The Morgan fingerprint density at radius 2 is 1.85 bits per heavy atom. The molecule has 3 aliphatic carbocycles. The van der Waals surface area contributed by atoms with Crippen molar-refractivity contribution in [2.75, 3.05) is 6.54 Å². The average Bonchev–Trinajstić information content (AvgIpc) is 3.14. The topological polar surface area (TPSA) is 58.6 Å². The SMILES string of the molecule is CC1CCC2C(C)(C)CC(Sc3ccccc3)CC23OC2=C4CNC(=O)C4CC(O)C2CC13C. The van der Waals surface area contributed by atoms with Crippen molar-refractivity contribution >= 4 is 17.7 Å². The summed E-state index contributed by atoms with van der Waals surface area (Å²) in [4.78, 5) is 13.9. The lowest BCUT2D eigenvalue weighted by molar-refractivity contribution is -0.264. The number of hydrogen-bond acceptors (Lipinski definition) is 4. The molecule has 6 rings (SSSR count). The second-order valence-electron chi connectivity index (χ2n) is 12.7. The summed E-state index contributed by atoms with van der Waals surface area (Å²) < 4.78 is 7.41. The lowest BCUT2D eigenvalue weighted by atomic mass is 9.43. The van der Waals surface area contributed by atoms with Crippen molar-refractivity contribution in [2.45, 2.75) is 88.1 Å². The summed E-state index contributed by atoms with van der Waals surface area (Å²) >= 11 is 2.01. The normalized spacial score (nSPS) is 44.8. The number of amides is 1. The fraction of sp³-hybridized carbons (Fsp3) is 0.690. The summed E-state index contributed by atoms with van der Waals surface area (Å²) in [6.07, 6.45) is 5.65. The molecule has 0 bridgehead atoms. The van der Waals surface area contributed by atoms with Crippen LogP contribution in [0.15, 0.2) is 46.6 Å². The van der Waals surface area contributed by atoms with Crippen LogP contribution in [-0.4, -0.2) is 34.5 Å². The first-order chi connectivity index (χ1) is 16.1. The van der Waals surface area contributed by atoms with Gasteiger partial charge in [-0.1, -0.05) is 45.9 Å². The fourth-order valence-electron chi connectivity index (χ4n) is 8.64. The molecule has 1 aromatic carbocycles. The van der Waals surface area contributed by atoms with Crippen molar-refractivity contribution in [2.24, 2.45) is 34.5 Å². The van der Waals surface area contributed by atoms with Gasteiger partial charge in [0.25, 0.3) is 0 Å². The van der Waals surface area contributed by atoms with Crippen molar-refractivity contribution < 1.29 is 14.6 Å². The van der Waals surface area contributed by atoms with Crippen molar-refractivity contribution in [3.05, 3.63) is 41.7 Å². The number of aliphatic hydroxyl groups is 1. The van der Waals surface area contributed by atoms with Crippen LogP contribution in [-0.2, 0) is 9.53 Å². The minimum absolute atomic E-state index is 0.00168. The van der Waals surface area contributed by atoms with Gasteiger partial charge < -0.3 is 15.2 Å². The lowest BCUT2D eigenvalue weighted by Crippen LogP contribution is -2.69. The van der Waals surface area contributed by atoms with E-state index in [1.807, 2.05) is 11.8 Å². The zero-order valence-electron chi connectivity index (χ0n) is 21.0. The summed E-state index contributed by atoms with van der Waals surface area (Å²) in [6, 6.07) is 10.8. The first-order valence-electron chi connectivity index (χ1n) is 13.2. The van der Waals surface area contributed by atoms with Crippen LogP contribution in [0.25, 0.3) is 0 Å². The number of benzene rings is 1. The van der Waals surface area contributed by atoms with Gasteiger partial charge in [-0.15, -0.1) is 11.8 Å². The van der Waals surface area contributed by atoms with E-state index in [1.54, 1.807) is 0 Å². The number of carbonyl (C=O) groups excluding carboxylic acids is 1. The molecule has 8 unspecified atom stereocenters. The molecule has 8 atom stereocenters. The standard InChI is InChI=1S/C29H39NO3S/c1-17-10-11-24-27(2,3)13-19(34-18-8-6-5-7-9-18)14-29(24)28(17,4)15-21-23(31)12-20-22(25(21)33-29)16-30-26(20)32/h5-9,17,19-21,23-24,31H,10-16H2,1-4H3,(H,30,32). The highest BCUT2D eigenvalue weighted by atomic mass is 32.2. The van der Waals surface area contributed by atoms with E-state index in [9.17, 15) is 9.90 Å². The van der Waals surface area contributed by atoms with E-state index >= 15 is 0 Å². The predicted molar refractivity (Wildman–Crippen MR) is 135 cm³/mol. The van der Waals surface area contributed by atoms with E-state index in [-0.39, 0.29) is 34.2 Å². The predicted octanol–water partition coefficient (Wildman–Crippen LogP) is 5.56. The Balaban J connectivity index is 1.46. The van der Waals surface area contributed by atoms with E-state index < -0.39 is 6.10 Å². The Kier molecular flexibility index (Phi) is 5.25.